The monoisotopic (exact) mass is 287 g/mol. The van der Waals surface area contributed by atoms with Crippen LogP contribution in [0.2, 0.25) is 0 Å². The van der Waals surface area contributed by atoms with Gasteiger partial charge in [-0.25, -0.2) is 14.4 Å². The zero-order valence-corrected chi connectivity index (χ0v) is 10.9. The lowest BCUT2D eigenvalue weighted by molar-refractivity contribution is 0.386. The Bertz CT molecular complexity index is 790. The highest BCUT2D eigenvalue weighted by Gasteiger charge is 2.16. The van der Waals surface area contributed by atoms with Crippen LogP contribution in [0.5, 0.6) is 5.75 Å². The fourth-order valence-corrected chi connectivity index (χ4v) is 1.75. The summed E-state index contributed by atoms with van der Waals surface area (Å²) in [6, 6.07) is 4.26. The molecule has 1 aromatic carbocycles. The number of aromatic nitrogens is 4. The second-order valence-corrected chi connectivity index (χ2v) is 4.06. The molecule has 0 aliphatic heterocycles. The lowest BCUT2D eigenvalue weighted by Crippen LogP contribution is -1.96. The Labute approximate surface area is 118 Å². The smallest absolute Gasteiger partial charge is 0.280 e. The quantitative estimate of drug-likeness (QED) is 0.785. The third-order valence-corrected chi connectivity index (χ3v) is 2.76. The van der Waals surface area contributed by atoms with Crippen molar-refractivity contribution in [3.8, 4) is 28.7 Å². The van der Waals surface area contributed by atoms with Gasteiger partial charge in [-0.3, -0.25) is 0 Å². The summed E-state index contributed by atoms with van der Waals surface area (Å²) in [5.41, 5.74) is 6.54. The Morgan fingerprint density at radius 1 is 1.24 bits per heavy atom. The van der Waals surface area contributed by atoms with Gasteiger partial charge < -0.3 is 15.0 Å². The highest BCUT2D eigenvalue weighted by molar-refractivity contribution is 5.64. The molecule has 2 aromatic heterocycles. The van der Waals surface area contributed by atoms with Gasteiger partial charge in [0.2, 0.25) is 5.82 Å². The van der Waals surface area contributed by atoms with Gasteiger partial charge >= 0.3 is 0 Å². The van der Waals surface area contributed by atoms with Gasteiger partial charge in [0.1, 0.15) is 0 Å². The SMILES string of the molecule is COc1cc(-c2noc(-c3nccnc3N)n2)ccc1F. The molecular weight excluding hydrogens is 277 g/mol. The van der Waals surface area contributed by atoms with Crippen molar-refractivity contribution in [2.75, 3.05) is 12.8 Å². The fraction of sp³-hybridized carbons (Fsp3) is 0.0769. The maximum absolute atomic E-state index is 13.4. The molecule has 2 heterocycles. The normalized spacial score (nSPS) is 10.6. The summed E-state index contributed by atoms with van der Waals surface area (Å²) in [7, 11) is 1.38. The first kappa shape index (κ1) is 13.0. The van der Waals surface area contributed by atoms with E-state index in [9.17, 15) is 4.39 Å². The van der Waals surface area contributed by atoms with E-state index >= 15 is 0 Å². The molecular formula is C13H10FN5O2. The van der Waals surface area contributed by atoms with Crippen LogP contribution in [0.1, 0.15) is 0 Å². The second kappa shape index (κ2) is 5.16. The van der Waals surface area contributed by atoms with Gasteiger partial charge in [-0.2, -0.15) is 4.98 Å². The van der Waals surface area contributed by atoms with Crippen molar-refractivity contribution in [2.45, 2.75) is 0 Å². The van der Waals surface area contributed by atoms with Gasteiger partial charge in [-0.05, 0) is 18.2 Å². The molecule has 8 heteroatoms. The summed E-state index contributed by atoms with van der Waals surface area (Å²) in [5, 5.41) is 3.82. The highest BCUT2D eigenvalue weighted by Crippen LogP contribution is 2.27. The Morgan fingerprint density at radius 3 is 2.81 bits per heavy atom. The Hall–Kier alpha value is -3.03. The van der Waals surface area contributed by atoms with Gasteiger partial charge in [0.25, 0.3) is 5.89 Å². The van der Waals surface area contributed by atoms with Gasteiger partial charge in [0, 0.05) is 18.0 Å². The number of benzene rings is 1. The van der Waals surface area contributed by atoms with E-state index in [0.29, 0.717) is 11.3 Å². The van der Waals surface area contributed by atoms with Gasteiger partial charge in [0.15, 0.2) is 23.1 Å². The summed E-state index contributed by atoms with van der Waals surface area (Å²) in [4.78, 5) is 12.1. The van der Waals surface area contributed by atoms with Gasteiger partial charge in [0.05, 0.1) is 7.11 Å². The van der Waals surface area contributed by atoms with E-state index in [0.717, 1.165) is 0 Å². The van der Waals surface area contributed by atoms with Crippen LogP contribution in [0.3, 0.4) is 0 Å². The zero-order valence-electron chi connectivity index (χ0n) is 10.9. The molecule has 0 saturated carbocycles. The topological polar surface area (TPSA) is 100.0 Å². The molecule has 0 aliphatic carbocycles. The van der Waals surface area contributed by atoms with Crippen molar-refractivity contribution >= 4 is 5.82 Å². The van der Waals surface area contributed by atoms with Crippen molar-refractivity contribution in [2.24, 2.45) is 0 Å². The van der Waals surface area contributed by atoms with E-state index in [1.165, 1.54) is 37.7 Å². The summed E-state index contributed by atoms with van der Waals surface area (Å²) in [5.74, 6) is 0.220. The van der Waals surface area contributed by atoms with Crippen LogP contribution in [0.15, 0.2) is 35.1 Å². The lowest BCUT2D eigenvalue weighted by atomic mass is 10.2. The number of nitrogen functional groups attached to an aromatic ring is 1. The Balaban J connectivity index is 2.01. The standard InChI is InChI=1S/C13H10FN5O2/c1-20-9-6-7(2-3-8(9)14)12-18-13(21-19-12)10-11(15)17-5-4-16-10/h2-6H,1H3,(H2,15,17). The molecule has 0 aliphatic rings. The fourth-order valence-electron chi connectivity index (χ4n) is 1.75. The summed E-state index contributed by atoms with van der Waals surface area (Å²) < 4.78 is 23.4. The van der Waals surface area contributed by atoms with E-state index in [-0.39, 0.29) is 23.3 Å². The van der Waals surface area contributed by atoms with E-state index in [2.05, 4.69) is 20.1 Å². The molecule has 0 amide bonds. The summed E-state index contributed by atoms with van der Waals surface area (Å²) in [6.45, 7) is 0. The van der Waals surface area contributed by atoms with Crippen molar-refractivity contribution in [1.29, 1.82) is 0 Å². The molecule has 0 atom stereocenters. The molecule has 0 bridgehead atoms. The third-order valence-electron chi connectivity index (χ3n) is 2.76. The van der Waals surface area contributed by atoms with Crippen molar-refractivity contribution < 1.29 is 13.7 Å². The minimum absolute atomic E-state index is 0.0952. The zero-order chi connectivity index (χ0) is 14.8. The van der Waals surface area contributed by atoms with E-state index < -0.39 is 5.82 Å². The molecule has 21 heavy (non-hydrogen) atoms. The molecule has 0 spiro atoms. The van der Waals surface area contributed by atoms with Crippen LogP contribution < -0.4 is 10.5 Å². The Kier molecular flexibility index (Phi) is 3.19. The number of halogens is 1. The average molecular weight is 287 g/mol. The number of anilines is 1. The lowest BCUT2D eigenvalue weighted by Gasteiger charge is -2.02. The van der Waals surface area contributed by atoms with Crippen LogP contribution in [0, 0.1) is 5.82 Å². The number of hydrogen-bond donors (Lipinski definition) is 1. The number of ether oxygens (including phenoxy) is 1. The van der Waals surface area contributed by atoms with E-state index in [1.807, 2.05) is 0 Å². The van der Waals surface area contributed by atoms with E-state index in [1.54, 1.807) is 0 Å². The van der Waals surface area contributed by atoms with Gasteiger partial charge in [-0.1, -0.05) is 5.16 Å². The van der Waals surface area contributed by atoms with Crippen LogP contribution in [-0.4, -0.2) is 27.2 Å². The molecule has 0 saturated heterocycles. The summed E-state index contributed by atoms with van der Waals surface area (Å²) in [6.07, 6.45) is 2.93. The molecule has 0 unspecified atom stereocenters. The van der Waals surface area contributed by atoms with E-state index in [4.69, 9.17) is 15.0 Å². The first-order valence-electron chi connectivity index (χ1n) is 5.93. The predicted octanol–water partition coefficient (Wildman–Crippen LogP) is 1.92. The second-order valence-electron chi connectivity index (χ2n) is 4.06. The number of nitrogens with two attached hydrogens (primary N) is 1. The number of hydrogen-bond acceptors (Lipinski definition) is 7. The molecule has 7 nitrogen and oxygen atoms in total. The van der Waals surface area contributed by atoms with Gasteiger partial charge in [-0.15, -0.1) is 0 Å². The third kappa shape index (κ3) is 2.38. The molecule has 106 valence electrons. The molecule has 3 rings (SSSR count). The van der Waals surface area contributed by atoms with Crippen LogP contribution in [0.25, 0.3) is 23.0 Å². The predicted molar refractivity (Wildman–Crippen MR) is 71.7 cm³/mol. The highest BCUT2D eigenvalue weighted by atomic mass is 19.1. The summed E-state index contributed by atoms with van der Waals surface area (Å²) >= 11 is 0. The minimum atomic E-state index is -0.469. The van der Waals surface area contributed by atoms with Crippen LogP contribution in [0.4, 0.5) is 10.2 Å². The number of rotatable bonds is 3. The molecule has 0 fully saturated rings. The maximum atomic E-state index is 13.4. The molecule has 0 radical (unpaired) electrons. The van der Waals surface area contributed by atoms with Crippen molar-refractivity contribution in [1.82, 2.24) is 20.1 Å². The minimum Gasteiger partial charge on any atom is -0.494 e. The average Bonchev–Trinajstić information content (AvgIpc) is 2.98. The molecule has 3 aromatic rings. The number of nitrogens with zero attached hydrogens (tertiary/aromatic N) is 4. The first-order valence-corrected chi connectivity index (χ1v) is 5.93. The van der Waals surface area contributed by atoms with Crippen LogP contribution in [-0.2, 0) is 0 Å². The Morgan fingerprint density at radius 2 is 2.05 bits per heavy atom. The molecule has 2 N–H and O–H groups in total. The largest absolute Gasteiger partial charge is 0.494 e. The van der Waals surface area contributed by atoms with Crippen molar-refractivity contribution in [3.05, 3.63) is 36.4 Å². The first-order chi connectivity index (χ1) is 10.2. The maximum Gasteiger partial charge on any atom is 0.280 e. The van der Waals surface area contributed by atoms with Crippen LogP contribution >= 0.6 is 0 Å². The number of methoxy groups -OCH3 is 1. The van der Waals surface area contributed by atoms with Crippen molar-refractivity contribution in [3.63, 3.8) is 0 Å².